The third-order valence-electron chi connectivity index (χ3n) is 1.07. The molecule has 51 valence electrons. The topological polar surface area (TPSA) is 19.9 Å². The third kappa shape index (κ3) is 7.28. The Morgan fingerprint density at radius 1 is 1.22 bits per heavy atom. The molecule has 0 saturated carbocycles. The number of rotatable bonds is 4. The minimum Gasteiger partial charge on any atom is -0.299 e. The molecule has 0 aliphatic heterocycles. The van der Waals surface area contributed by atoms with Gasteiger partial charge in [0.1, 0.15) is 6.26 Å². The smallest absolute Gasteiger partial charge is 0.138 e. The summed E-state index contributed by atoms with van der Waals surface area (Å²) >= 11 is 0. The molecule has 0 aromatic heterocycles. The summed E-state index contributed by atoms with van der Waals surface area (Å²) < 4.78 is 0. The first-order chi connectivity index (χ1) is 4.41. The van der Waals surface area contributed by atoms with E-state index in [-0.39, 0.29) is 0 Å². The van der Waals surface area contributed by atoms with Crippen LogP contribution in [0.4, 0.5) is 0 Å². The minimum absolute atomic E-state index is 0.857. The zero-order valence-electron chi connectivity index (χ0n) is 5.84. The number of unbranched alkanes of at least 4 members (excludes halogenated alkanes) is 2. The van der Waals surface area contributed by atoms with Crippen LogP contribution in [0.2, 0.25) is 0 Å². The first kappa shape index (κ1) is 8.28. The molecule has 0 heterocycles. The number of hydrogen-bond acceptors (Lipinski definition) is 0. The van der Waals surface area contributed by atoms with Gasteiger partial charge in [-0.1, -0.05) is 12.2 Å². The summed E-state index contributed by atoms with van der Waals surface area (Å²) in [4.78, 5) is 0. The van der Waals surface area contributed by atoms with Crippen molar-refractivity contribution in [1.29, 1.82) is 0 Å². The van der Waals surface area contributed by atoms with Gasteiger partial charge in [-0.25, -0.2) is 0 Å². The van der Waals surface area contributed by atoms with E-state index in [1.165, 1.54) is 0 Å². The van der Waals surface area contributed by atoms with Gasteiger partial charge in [0.2, 0.25) is 0 Å². The monoisotopic (exact) mass is 125 g/mol. The zero-order valence-corrected chi connectivity index (χ0v) is 5.84. The van der Waals surface area contributed by atoms with Gasteiger partial charge < -0.3 is 0 Å². The predicted molar refractivity (Wildman–Crippen MR) is 38.5 cm³/mol. The molecule has 1 radical (unpaired) electrons. The highest BCUT2D eigenvalue weighted by molar-refractivity contribution is 4.79. The summed E-state index contributed by atoms with van der Waals surface area (Å²) in [7, 11) is 0. The lowest BCUT2D eigenvalue weighted by molar-refractivity contribution is 0.349. The summed E-state index contributed by atoms with van der Waals surface area (Å²) in [6, 6.07) is 0. The third-order valence-corrected chi connectivity index (χ3v) is 1.07. The van der Waals surface area contributed by atoms with E-state index >= 15 is 0 Å². The fourth-order valence-electron chi connectivity index (χ4n) is 0.588. The van der Waals surface area contributed by atoms with Crippen LogP contribution < -0.4 is 0 Å². The van der Waals surface area contributed by atoms with Crippen molar-refractivity contribution in [2.24, 2.45) is 0 Å². The molecule has 0 saturated heterocycles. The molecule has 1 nitrogen and oxygen atoms in total. The van der Waals surface area contributed by atoms with Crippen molar-refractivity contribution in [2.75, 3.05) is 0 Å². The number of allylic oxidation sites excluding steroid dienone is 3. The van der Waals surface area contributed by atoms with Crippen LogP contribution in [-0.4, -0.2) is 0 Å². The van der Waals surface area contributed by atoms with E-state index in [4.69, 9.17) is 0 Å². The summed E-state index contributed by atoms with van der Waals surface area (Å²) in [5, 5.41) is 9.76. The molecule has 0 aliphatic rings. The Morgan fingerprint density at radius 2 is 1.89 bits per heavy atom. The van der Waals surface area contributed by atoms with Crippen molar-refractivity contribution >= 4 is 0 Å². The fourth-order valence-corrected chi connectivity index (χ4v) is 0.588. The molecular formula is C8H13O. The molecule has 0 aliphatic carbocycles. The van der Waals surface area contributed by atoms with Crippen molar-refractivity contribution in [3.63, 3.8) is 0 Å². The van der Waals surface area contributed by atoms with Gasteiger partial charge in [-0.15, -0.1) is 0 Å². The van der Waals surface area contributed by atoms with Crippen LogP contribution in [-0.2, 0) is 5.11 Å². The van der Waals surface area contributed by atoms with Crippen LogP contribution in [0.25, 0.3) is 0 Å². The highest BCUT2D eigenvalue weighted by Gasteiger charge is 1.77. The molecule has 0 bridgehead atoms. The van der Waals surface area contributed by atoms with Gasteiger partial charge in [-0.05, 0) is 32.3 Å². The Balaban J connectivity index is 2.91. The molecule has 0 spiro atoms. The van der Waals surface area contributed by atoms with Crippen LogP contribution >= 0.6 is 0 Å². The van der Waals surface area contributed by atoms with E-state index in [0.717, 1.165) is 25.5 Å². The molecule has 9 heavy (non-hydrogen) atoms. The van der Waals surface area contributed by atoms with Crippen LogP contribution in [0.1, 0.15) is 26.2 Å². The van der Waals surface area contributed by atoms with Gasteiger partial charge in [0, 0.05) is 0 Å². The van der Waals surface area contributed by atoms with E-state index in [0.29, 0.717) is 0 Å². The van der Waals surface area contributed by atoms with Crippen molar-refractivity contribution < 1.29 is 5.11 Å². The first-order valence-electron chi connectivity index (χ1n) is 3.30. The SMILES string of the molecule is CC=CCCCC=C[O]. The Labute approximate surface area is 56.7 Å². The van der Waals surface area contributed by atoms with Gasteiger partial charge in [0.25, 0.3) is 0 Å². The highest BCUT2D eigenvalue weighted by atomic mass is 16.2. The second kappa shape index (κ2) is 7.28. The lowest BCUT2D eigenvalue weighted by atomic mass is 10.2. The van der Waals surface area contributed by atoms with Gasteiger partial charge in [-0.3, -0.25) is 5.11 Å². The molecular weight excluding hydrogens is 112 g/mol. The molecule has 0 fully saturated rings. The zero-order chi connectivity index (χ0) is 6.95. The van der Waals surface area contributed by atoms with Crippen LogP contribution in [0, 0.1) is 0 Å². The standard InChI is InChI=1S/C8H13O/c1-2-3-4-5-6-7-8-9/h2-3,7-8H,4-6H2,1H3. The second-order valence-corrected chi connectivity index (χ2v) is 1.87. The van der Waals surface area contributed by atoms with Crippen LogP contribution in [0.5, 0.6) is 0 Å². The normalized spacial score (nSPS) is 11.7. The minimum atomic E-state index is 0.857. The van der Waals surface area contributed by atoms with E-state index in [1.807, 2.05) is 13.0 Å². The van der Waals surface area contributed by atoms with Gasteiger partial charge in [-0.2, -0.15) is 0 Å². The molecule has 0 unspecified atom stereocenters. The van der Waals surface area contributed by atoms with Crippen molar-refractivity contribution in [3.05, 3.63) is 24.5 Å². The summed E-state index contributed by atoms with van der Waals surface area (Å²) in [5.41, 5.74) is 0. The average Bonchev–Trinajstić information content (AvgIpc) is 1.89. The Bertz CT molecular complexity index is 80.7. The molecule has 0 rings (SSSR count). The maximum atomic E-state index is 9.76. The highest BCUT2D eigenvalue weighted by Crippen LogP contribution is 1.96. The Kier molecular flexibility index (Phi) is 6.70. The maximum absolute atomic E-state index is 9.76. The maximum Gasteiger partial charge on any atom is 0.138 e. The van der Waals surface area contributed by atoms with E-state index in [9.17, 15) is 5.11 Å². The molecule has 0 amide bonds. The van der Waals surface area contributed by atoms with Crippen LogP contribution in [0.15, 0.2) is 24.5 Å². The Hall–Kier alpha value is -0.720. The molecule has 0 aromatic rings. The summed E-state index contributed by atoms with van der Waals surface area (Å²) in [6.07, 6.45) is 9.73. The molecule has 0 atom stereocenters. The van der Waals surface area contributed by atoms with Crippen molar-refractivity contribution in [1.82, 2.24) is 0 Å². The largest absolute Gasteiger partial charge is 0.299 e. The fraction of sp³-hybridized carbons (Fsp3) is 0.500. The number of hydrogen-bond donors (Lipinski definition) is 0. The van der Waals surface area contributed by atoms with Crippen LogP contribution in [0.3, 0.4) is 0 Å². The summed E-state index contributed by atoms with van der Waals surface area (Å²) in [5.74, 6) is 0. The molecule has 0 aromatic carbocycles. The lowest BCUT2D eigenvalue weighted by Gasteiger charge is -1.85. The quantitative estimate of drug-likeness (QED) is 0.313. The molecule has 1 heteroatoms. The van der Waals surface area contributed by atoms with Gasteiger partial charge in [0.05, 0.1) is 0 Å². The molecule has 0 N–H and O–H groups in total. The van der Waals surface area contributed by atoms with Gasteiger partial charge >= 0.3 is 0 Å². The predicted octanol–water partition coefficient (Wildman–Crippen LogP) is 2.68. The van der Waals surface area contributed by atoms with E-state index in [1.54, 1.807) is 6.08 Å². The van der Waals surface area contributed by atoms with Gasteiger partial charge in [0.15, 0.2) is 0 Å². The Morgan fingerprint density at radius 3 is 2.44 bits per heavy atom. The average molecular weight is 125 g/mol. The van der Waals surface area contributed by atoms with E-state index in [2.05, 4.69) is 6.08 Å². The summed E-state index contributed by atoms with van der Waals surface area (Å²) in [6.45, 7) is 2.00. The van der Waals surface area contributed by atoms with Crippen molar-refractivity contribution in [2.45, 2.75) is 26.2 Å². The van der Waals surface area contributed by atoms with Crippen molar-refractivity contribution in [3.8, 4) is 0 Å². The second-order valence-electron chi connectivity index (χ2n) is 1.87. The van der Waals surface area contributed by atoms with E-state index < -0.39 is 0 Å². The first-order valence-corrected chi connectivity index (χ1v) is 3.30. The lowest BCUT2D eigenvalue weighted by Crippen LogP contribution is -1.67.